The van der Waals surface area contributed by atoms with Gasteiger partial charge in [-0.25, -0.2) is 0 Å². The molecule has 3 fully saturated rings. The predicted molar refractivity (Wildman–Crippen MR) is 84.9 cm³/mol. The average molecular weight is 331 g/mol. The van der Waals surface area contributed by atoms with E-state index in [1.165, 1.54) is 0 Å². The minimum atomic E-state index is -0.368. The van der Waals surface area contributed by atoms with Gasteiger partial charge in [0.05, 0.1) is 24.0 Å². The van der Waals surface area contributed by atoms with Gasteiger partial charge < -0.3 is 9.47 Å². The zero-order valence-electron chi connectivity index (χ0n) is 13.6. The normalized spacial score (nSPS) is 31.8. The van der Waals surface area contributed by atoms with Crippen LogP contribution in [0.25, 0.3) is 0 Å². The van der Waals surface area contributed by atoms with Gasteiger partial charge in [-0.1, -0.05) is 19.8 Å². The lowest BCUT2D eigenvalue weighted by Crippen LogP contribution is -2.50. The van der Waals surface area contributed by atoms with E-state index < -0.39 is 0 Å². The molecule has 1 saturated carbocycles. The van der Waals surface area contributed by atoms with E-state index in [0.717, 1.165) is 32.1 Å². The Balaban J connectivity index is 1.94. The van der Waals surface area contributed by atoms with E-state index in [2.05, 4.69) is 6.92 Å². The van der Waals surface area contributed by atoms with E-state index in [-0.39, 0.29) is 47.6 Å². The van der Waals surface area contributed by atoms with E-state index in [1.807, 2.05) is 0 Å². The summed E-state index contributed by atoms with van der Waals surface area (Å²) < 4.78 is 11.0. The van der Waals surface area contributed by atoms with Crippen LogP contribution in [0.15, 0.2) is 0 Å². The highest BCUT2D eigenvalue weighted by Crippen LogP contribution is 2.41. The van der Waals surface area contributed by atoms with Crippen LogP contribution in [-0.4, -0.2) is 35.9 Å². The molecular weight excluding hydrogens is 304 g/mol. The molecule has 2 saturated heterocycles. The number of carbonyl (C=O) groups excluding carboxylic acids is 2. The largest absolute Gasteiger partial charge is 0.466 e. The third kappa shape index (κ3) is 4.23. The van der Waals surface area contributed by atoms with E-state index in [4.69, 9.17) is 21.1 Å². The summed E-state index contributed by atoms with van der Waals surface area (Å²) in [5.74, 6) is -0.315. The summed E-state index contributed by atoms with van der Waals surface area (Å²) in [5, 5.41) is 0.0312. The molecule has 0 spiro atoms. The van der Waals surface area contributed by atoms with Crippen molar-refractivity contribution in [3.8, 4) is 0 Å². The second-order valence-electron chi connectivity index (χ2n) is 6.45. The average Bonchev–Trinajstić information content (AvgIpc) is 2.51. The van der Waals surface area contributed by atoms with Gasteiger partial charge in [0, 0.05) is 6.42 Å². The molecular formula is C17H27ClO4. The highest BCUT2D eigenvalue weighted by Gasteiger charge is 2.45. The van der Waals surface area contributed by atoms with Gasteiger partial charge in [0.2, 0.25) is 0 Å². The molecule has 3 rings (SSSR count). The summed E-state index contributed by atoms with van der Waals surface area (Å²) in [6.07, 6.45) is 5.30. The van der Waals surface area contributed by atoms with Crippen molar-refractivity contribution in [2.45, 2.75) is 76.4 Å². The van der Waals surface area contributed by atoms with Crippen molar-refractivity contribution >= 4 is 23.4 Å². The molecule has 3 aliphatic rings. The Labute approximate surface area is 137 Å². The van der Waals surface area contributed by atoms with Gasteiger partial charge in [-0.3, -0.25) is 9.59 Å². The van der Waals surface area contributed by atoms with Crippen molar-refractivity contribution in [3.63, 3.8) is 0 Å². The molecule has 2 heterocycles. The Bertz CT molecular complexity index is 398. The Morgan fingerprint density at radius 1 is 1.32 bits per heavy atom. The van der Waals surface area contributed by atoms with Crippen LogP contribution in [0.5, 0.6) is 0 Å². The summed E-state index contributed by atoms with van der Waals surface area (Å²) in [6, 6.07) is 0. The van der Waals surface area contributed by atoms with Crippen molar-refractivity contribution in [2.75, 3.05) is 6.61 Å². The fourth-order valence-electron chi connectivity index (χ4n) is 3.56. The molecule has 22 heavy (non-hydrogen) atoms. The van der Waals surface area contributed by atoms with Gasteiger partial charge in [0.15, 0.2) is 5.78 Å². The molecule has 126 valence electrons. The number of hydrogen-bond donors (Lipinski definition) is 0. The number of Topliss-reactive ketones (excluding diaryl/α,β-unsaturated/α-hetero) is 1. The van der Waals surface area contributed by atoms with E-state index in [0.29, 0.717) is 13.0 Å². The second-order valence-corrected chi connectivity index (χ2v) is 7.01. The molecule has 5 unspecified atom stereocenters. The third-order valence-corrected chi connectivity index (χ3v) is 5.25. The quantitative estimate of drug-likeness (QED) is 0.505. The molecule has 0 aromatic rings. The number of esters is 1. The molecule has 0 amide bonds. The molecule has 0 N–H and O–H groups in total. The summed E-state index contributed by atoms with van der Waals surface area (Å²) in [7, 11) is 0. The van der Waals surface area contributed by atoms with Crippen LogP contribution in [0.2, 0.25) is 0 Å². The first-order chi connectivity index (χ1) is 10.6. The molecule has 5 atom stereocenters. The van der Waals surface area contributed by atoms with Crippen molar-refractivity contribution in [2.24, 2.45) is 11.8 Å². The Morgan fingerprint density at radius 3 is 2.64 bits per heavy atom. The highest BCUT2D eigenvalue weighted by atomic mass is 35.5. The monoisotopic (exact) mass is 330 g/mol. The Morgan fingerprint density at radius 2 is 2.09 bits per heavy atom. The lowest BCUT2D eigenvalue weighted by Gasteiger charge is -2.44. The van der Waals surface area contributed by atoms with Crippen molar-refractivity contribution < 1.29 is 19.1 Å². The standard InChI is InChI=1S/C17H27ClO4/c1-3-5-6-12(17(20)21-4-2)10-14(19)16-11-7-8-15(22-16)13(18)9-11/h11-13,15-16H,3-10H2,1-2H3. The van der Waals surface area contributed by atoms with Crippen LogP contribution >= 0.6 is 11.6 Å². The van der Waals surface area contributed by atoms with Crippen LogP contribution in [0.3, 0.4) is 0 Å². The van der Waals surface area contributed by atoms with Gasteiger partial charge in [-0.05, 0) is 38.5 Å². The number of fused-ring (bicyclic) bond motifs is 3. The topological polar surface area (TPSA) is 52.6 Å². The third-order valence-electron chi connectivity index (χ3n) is 4.79. The van der Waals surface area contributed by atoms with E-state index in [9.17, 15) is 9.59 Å². The summed E-state index contributed by atoms with van der Waals surface area (Å²) in [6.45, 7) is 4.22. The SMILES string of the molecule is CCCCC(CC(=O)C1OC2CCC1CC2Cl)C(=O)OCC. The lowest BCUT2D eigenvalue weighted by atomic mass is 9.77. The molecule has 4 nitrogen and oxygen atoms in total. The van der Waals surface area contributed by atoms with Crippen molar-refractivity contribution in [3.05, 3.63) is 0 Å². The number of ether oxygens (including phenoxy) is 2. The predicted octanol–water partition coefficient (Wildman–Crippen LogP) is 3.49. The number of hydrogen-bond acceptors (Lipinski definition) is 4. The summed E-state index contributed by atoms with van der Waals surface area (Å²) in [5.41, 5.74) is 0. The zero-order valence-corrected chi connectivity index (χ0v) is 14.3. The number of alkyl halides is 1. The number of carbonyl (C=O) groups is 2. The van der Waals surface area contributed by atoms with E-state index >= 15 is 0 Å². The number of unbranched alkanes of at least 4 members (excludes halogenated alkanes) is 1. The fourth-order valence-corrected chi connectivity index (χ4v) is 3.97. The first-order valence-corrected chi connectivity index (χ1v) is 8.99. The number of halogens is 1. The lowest BCUT2D eigenvalue weighted by molar-refractivity contribution is -0.162. The molecule has 5 heteroatoms. The highest BCUT2D eigenvalue weighted by molar-refractivity contribution is 6.21. The molecule has 0 radical (unpaired) electrons. The first kappa shape index (κ1) is 17.7. The first-order valence-electron chi connectivity index (χ1n) is 8.55. The van der Waals surface area contributed by atoms with Gasteiger partial charge in [0.1, 0.15) is 6.10 Å². The van der Waals surface area contributed by atoms with Crippen molar-refractivity contribution in [1.29, 1.82) is 0 Å². The van der Waals surface area contributed by atoms with Crippen LogP contribution in [0.4, 0.5) is 0 Å². The molecule has 0 aromatic carbocycles. The summed E-state index contributed by atoms with van der Waals surface area (Å²) in [4.78, 5) is 24.6. The maximum atomic E-state index is 12.6. The van der Waals surface area contributed by atoms with Gasteiger partial charge in [-0.2, -0.15) is 0 Å². The van der Waals surface area contributed by atoms with E-state index in [1.54, 1.807) is 6.92 Å². The van der Waals surface area contributed by atoms with Gasteiger partial charge in [0.25, 0.3) is 0 Å². The smallest absolute Gasteiger partial charge is 0.309 e. The van der Waals surface area contributed by atoms with Gasteiger partial charge in [-0.15, -0.1) is 11.6 Å². The van der Waals surface area contributed by atoms with Crippen LogP contribution in [-0.2, 0) is 19.1 Å². The zero-order chi connectivity index (χ0) is 16.1. The molecule has 2 aliphatic heterocycles. The molecule has 1 aliphatic carbocycles. The van der Waals surface area contributed by atoms with Crippen molar-refractivity contribution in [1.82, 2.24) is 0 Å². The maximum absolute atomic E-state index is 12.6. The van der Waals surface area contributed by atoms with Crippen LogP contribution in [0, 0.1) is 11.8 Å². The molecule has 2 bridgehead atoms. The Kier molecular flexibility index (Phi) is 6.69. The Hall–Kier alpha value is -0.610. The van der Waals surface area contributed by atoms with Crippen LogP contribution < -0.4 is 0 Å². The second kappa shape index (κ2) is 8.30. The minimum absolute atomic E-state index is 0.00250. The number of ketones is 1. The van der Waals surface area contributed by atoms with Crippen LogP contribution in [0.1, 0.15) is 58.8 Å². The van der Waals surface area contributed by atoms with Gasteiger partial charge >= 0.3 is 5.97 Å². The minimum Gasteiger partial charge on any atom is -0.466 e. The molecule has 0 aromatic heterocycles. The fraction of sp³-hybridized carbons (Fsp3) is 0.882. The summed E-state index contributed by atoms with van der Waals surface area (Å²) >= 11 is 6.24. The maximum Gasteiger partial charge on any atom is 0.309 e. The number of rotatable bonds is 8.